The molecule has 0 amide bonds. The number of aromatic amines is 1. The summed E-state index contributed by atoms with van der Waals surface area (Å²) in [6, 6.07) is 9.33. The van der Waals surface area contributed by atoms with Crippen molar-refractivity contribution in [2.45, 2.75) is 26.3 Å². The van der Waals surface area contributed by atoms with E-state index in [-0.39, 0.29) is 11.6 Å². The minimum Gasteiger partial charge on any atom is -0.497 e. The Labute approximate surface area is 118 Å². The Hall–Kier alpha value is -2.30. The fourth-order valence-electron chi connectivity index (χ4n) is 1.95. The van der Waals surface area contributed by atoms with Crippen LogP contribution in [0.25, 0.3) is 0 Å². The van der Waals surface area contributed by atoms with E-state index in [0.29, 0.717) is 18.1 Å². The number of aromatic nitrogens is 2. The van der Waals surface area contributed by atoms with E-state index in [9.17, 15) is 4.79 Å². The molecule has 0 saturated heterocycles. The van der Waals surface area contributed by atoms with Gasteiger partial charge in [0.1, 0.15) is 17.4 Å². The van der Waals surface area contributed by atoms with Gasteiger partial charge in [-0.05, 0) is 24.6 Å². The first kappa shape index (κ1) is 14.1. The Morgan fingerprint density at radius 3 is 2.65 bits per heavy atom. The average Bonchev–Trinajstić information content (AvgIpc) is 2.46. The topological polar surface area (TPSA) is 67.0 Å². The van der Waals surface area contributed by atoms with Crippen LogP contribution >= 0.6 is 0 Å². The number of ether oxygens (including phenoxy) is 1. The highest BCUT2D eigenvalue weighted by Gasteiger charge is 2.07. The summed E-state index contributed by atoms with van der Waals surface area (Å²) < 4.78 is 5.13. The minimum absolute atomic E-state index is 0.0555. The summed E-state index contributed by atoms with van der Waals surface area (Å²) in [6.07, 6.45) is 0.696. The summed E-state index contributed by atoms with van der Waals surface area (Å²) in [5.74, 6) is 2.10. The van der Waals surface area contributed by atoms with Gasteiger partial charge in [-0.25, -0.2) is 4.98 Å². The van der Waals surface area contributed by atoms with Gasteiger partial charge in [0.15, 0.2) is 0 Å². The standard InChI is InChI=1S/C15H19N3O2/c1-4-13-17-14(9-15(19)18-13)16-10(2)11-5-7-12(20-3)8-6-11/h5-10H,4H2,1-3H3,(H2,16,17,18,19). The van der Waals surface area contributed by atoms with E-state index in [1.165, 1.54) is 6.07 Å². The Balaban J connectivity index is 2.15. The predicted octanol–water partition coefficient (Wildman–Crippen LogP) is 2.51. The molecule has 1 heterocycles. The van der Waals surface area contributed by atoms with E-state index in [1.54, 1.807) is 7.11 Å². The van der Waals surface area contributed by atoms with E-state index in [4.69, 9.17) is 4.74 Å². The molecule has 106 valence electrons. The Bertz CT molecular complexity index is 620. The molecule has 0 bridgehead atoms. The Morgan fingerprint density at radius 2 is 2.05 bits per heavy atom. The van der Waals surface area contributed by atoms with Crippen molar-refractivity contribution in [1.82, 2.24) is 9.97 Å². The molecule has 2 rings (SSSR count). The lowest BCUT2D eigenvalue weighted by molar-refractivity contribution is 0.414. The SMILES string of the molecule is CCc1nc(NC(C)c2ccc(OC)cc2)cc(=O)[nH]1. The molecule has 2 aromatic rings. The number of methoxy groups -OCH3 is 1. The lowest BCUT2D eigenvalue weighted by Crippen LogP contribution is -2.15. The number of hydrogen-bond acceptors (Lipinski definition) is 4. The van der Waals surface area contributed by atoms with Crippen LogP contribution < -0.4 is 15.6 Å². The van der Waals surface area contributed by atoms with E-state index < -0.39 is 0 Å². The third kappa shape index (κ3) is 3.38. The van der Waals surface area contributed by atoms with Crippen molar-refractivity contribution < 1.29 is 4.74 Å². The number of rotatable bonds is 5. The van der Waals surface area contributed by atoms with Crippen LogP contribution in [-0.2, 0) is 6.42 Å². The highest BCUT2D eigenvalue weighted by atomic mass is 16.5. The minimum atomic E-state index is -0.138. The van der Waals surface area contributed by atoms with Crippen LogP contribution in [0.4, 0.5) is 5.82 Å². The maximum Gasteiger partial charge on any atom is 0.252 e. The lowest BCUT2D eigenvalue weighted by Gasteiger charge is -2.15. The fraction of sp³-hybridized carbons (Fsp3) is 0.333. The number of benzene rings is 1. The van der Waals surface area contributed by atoms with Gasteiger partial charge in [-0.15, -0.1) is 0 Å². The summed E-state index contributed by atoms with van der Waals surface area (Å²) in [7, 11) is 1.64. The zero-order chi connectivity index (χ0) is 14.5. The average molecular weight is 273 g/mol. The van der Waals surface area contributed by atoms with Gasteiger partial charge < -0.3 is 15.0 Å². The lowest BCUT2D eigenvalue weighted by atomic mass is 10.1. The zero-order valence-corrected chi connectivity index (χ0v) is 11.9. The van der Waals surface area contributed by atoms with Crippen molar-refractivity contribution in [1.29, 1.82) is 0 Å². The molecule has 1 unspecified atom stereocenters. The third-order valence-corrected chi connectivity index (χ3v) is 3.11. The molecule has 0 fully saturated rings. The second kappa shape index (κ2) is 6.23. The van der Waals surface area contributed by atoms with Gasteiger partial charge >= 0.3 is 0 Å². The molecule has 0 radical (unpaired) electrons. The quantitative estimate of drug-likeness (QED) is 0.878. The van der Waals surface area contributed by atoms with Gasteiger partial charge in [0.2, 0.25) is 0 Å². The first-order valence-corrected chi connectivity index (χ1v) is 6.63. The summed E-state index contributed by atoms with van der Waals surface area (Å²) in [5.41, 5.74) is 0.965. The molecular weight excluding hydrogens is 254 g/mol. The van der Waals surface area contributed by atoms with E-state index in [0.717, 1.165) is 11.3 Å². The van der Waals surface area contributed by atoms with Crippen LogP contribution in [-0.4, -0.2) is 17.1 Å². The van der Waals surface area contributed by atoms with Crippen LogP contribution in [0.2, 0.25) is 0 Å². The molecule has 0 spiro atoms. The highest BCUT2D eigenvalue weighted by Crippen LogP contribution is 2.20. The summed E-state index contributed by atoms with van der Waals surface area (Å²) in [5, 5.41) is 3.24. The summed E-state index contributed by atoms with van der Waals surface area (Å²) in [6.45, 7) is 3.98. The van der Waals surface area contributed by atoms with E-state index in [2.05, 4.69) is 15.3 Å². The zero-order valence-electron chi connectivity index (χ0n) is 11.9. The van der Waals surface area contributed by atoms with Crippen LogP contribution in [0, 0.1) is 0 Å². The van der Waals surface area contributed by atoms with Crippen molar-refractivity contribution in [2.75, 3.05) is 12.4 Å². The fourth-order valence-corrected chi connectivity index (χ4v) is 1.95. The molecule has 5 nitrogen and oxygen atoms in total. The number of aryl methyl sites for hydroxylation is 1. The van der Waals surface area contributed by atoms with E-state index in [1.807, 2.05) is 38.1 Å². The molecule has 0 saturated carbocycles. The van der Waals surface area contributed by atoms with Gasteiger partial charge in [-0.1, -0.05) is 19.1 Å². The van der Waals surface area contributed by atoms with Gasteiger partial charge in [-0.3, -0.25) is 4.79 Å². The van der Waals surface area contributed by atoms with Crippen molar-refractivity contribution in [3.63, 3.8) is 0 Å². The van der Waals surface area contributed by atoms with Crippen molar-refractivity contribution in [3.05, 3.63) is 52.1 Å². The molecule has 1 aromatic carbocycles. The maximum atomic E-state index is 11.5. The molecule has 1 atom stereocenters. The highest BCUT2D eigenvalue weighted by molar-refractivity contribution is 5.38. The molecule has 0 aliphatic carbocycles. The van der Waals surface area contributed by atoms with Crippen molar-refractivity contribution in [2.24, 2.45) is 0 Å². The van der Waals surface area contributed by atoms with Crippen molar-refractivity contribution >= 4 is 5.82 Å². The third-order valence-electron chi connectivity index (χ3n) is 3.11. The molecule has 5 heteroatoms. The molecule has 20 heavy (non-hydrogen) atoms. The summed E-state index contributed by atoms with van der Waals surface area (Å²) in [4.78, 5) is 18.6. The van der Waals surface area contributed by atoms with Crippen molar-refractivity contribution in [3.8, 4) is 5.75 Å². The summed E-state index contributed by atoms with van der Waals surface area (Å²) >= 11 is 0. The number of hydrogen-bond donors (Lipinski definition) is 2. The molecule has 2 N–H and O–H groups in total. The second-order valence-electron chi connectivity index (χ2n) is 4.57. The van der Waals surface area contributed by atoms with Gasteiger partial charge in [0.25, 0.3) is 5.56 Å². The number of nitrogens with zero attached hydrogens (tertiary/aromatic N) is 1. The molecule has 1 aromatic heterocycles. The van der Waals surface area contributed by atoms with Crippen LogP contribution in [0.3, 0.4) is 0 Å². The van der Waals surface area contributed by atoms with Crippen LogP contribution in [0.1, 0.15) is 31.3 Å². The normalized spacial score (nSPS) is 11.9. The predicted molar refractivity (Wildman–Crippen MR) is 79.3 cm³/mol. The molecule has 0 aliphatic rings. The molecule has 0 aliphatic heterocycles. The first-order valence-electron chi connectivity index (χ1n) is 6.63. The number of nitrogens with one attached hydrogen (secondary N) is 2. The van der Waals surface area contributed by atoms with Crippen LogP contribution in [0.15, 0.2) is 35.1 Å². The van der Waals surface area contributed by atoms with Gasteiger partial charge in [-0.2, -0.15) is 0 Å². The second-order valence-corrected chi connectivity index (χ2v) is 4.57. The van der Waals surface area contributed by atoms with Gasteiger partial charge in [0.05, 0.1) is 7.11 Å². The monoisotopic (exact) mass is 273 g/mol. The van der Waals surface area contributed by atoms with E-state index >= 15 is 0 Å². The molecular formula is C15H19N3O2. The first-order chi connectivity index (χ1) is 9.62. The Morgan fingerprint density at radius 1 is 1.35 bits per heavy atom. The largest absolute Gasteiger partial charge is 0.497 e. The maximum absolute atomic E-state index is 11.5. The smallest absolute Gasteiger partial charge is 0.252 e. The van der Waals surface area contributed by atoms with Crippen LogP contribution in [0.5, 0.6) is 5.75 Å². The number of H-pyrrole nitrogens is 1. The van der Waals surface area contributed by atoms with Gasteiger partial charge in [0, 0.05) is 18.5 Å². The number of anilines is 1. The Kier molecular flexibility index (Phi) is 4.40.